The Labute approximate surface area is 194 Å². The Morgan fingerprint density at radius 2 is 1.85 bits per heavy atom. The van der Waals surface area contributed by atoms with Crippen LogP contribution in [0.4, 0.5) is 10.5 Å². The first-order valence-electron chi connectivity index (χ1n) is 10.6. The number of hydrogen-bond donors (Lipinski definition) is 2. The van der Waals surface area contributed by atoms with E-state index in [9.17, 15) is 14.4 Å². The third kappa shape index (κ3) is 4.47. The summed E-state index contributed by atoms with van der Waals surface area (Å²) >= 11 is 1.15. The lowest BCUT2D eigenvalue weighted by Gasteiger charge is -2.11. The molecule has 0 unspecified atom stereocenters. The van der Waals surface area contributed by atoms with Crippen LogP contribution in [0, 0.1) is 13.8 Å². The molecular formula is C23H24N6O3S. The van der Waals surface area contributed by atoms with Crippen LogP contribution in [0.15, 0.2) is 52.4 Å². The van der Waals surface area contributed by atoms with Crippen LogP contribution in [0.25, 0.3) is 16.7 Å². The molecule has 3 amide bonds. The van der Waals surface area contributed by atoms with Crippen LogP contribution in [-0.2, 0) is 11.3 Å². The summed E-state index contributed by atoms with van der Waals surface area (Å²) in [5, 5.41) is 14.5. The van der Waals surface area contributed by atoms with Crippen LogP contribution in [0.5, 0.6) is 0 Å². The molecule has 9 nitrogen and oxygen atoms in total. The third-order valence-electron chi connectivity index (χ3n) is 5.36. The summed E-state index contributed by atoms with van der Waals surface area (Å²) in [5.41, 5.74) is 3.18. The van der Waals surface area contributed by atoms with Crippen LogP contribution in [0.2, 0.25) is 0 Å². The van der Waals surface area contributed by atoms with Gasteiger partial charge in [0, 0.05) is 12.2 Å². The van der Waals surface area contributed by atoms with Crippen molar-refractivity contribution >= 4 is 46.1 Å². The molecule has 0 atom stereocenters. The Morgan fingerprint density at radius 3 is 2.64 bits per heavy atom. The number of carbonyl (C=O) groups excluding carboxylic acids is 2. The number of anilines is 1. The Kier molecular flexibility index (Phi) is 6.45. The number of rotatable bonds is 6. The van der Waals surface area contributed by atoms with E-state index in [4.69, 9.17) is 0 Å². The van der Waals surface area contributed by atoms with Gasteiger partial charge >= 0.3 is 6.03 Å². The first-order valence-corrected chi connectivity index (χ1v) is 11.6. The number of carbonyl (C=O) groups is 2. The molecule has 33 heavy (non-hydrogen) atoms. The smallest absolute Gasteiger partial charge is 0.307 e. The topological polar surface area (TPSA) is 110 Å². The lowest BCUT2D eigenvalue weighted by molar-refractivity contribution is -0.117. The highest BCUT2D eigenvalue weighted by atomic mass is 32.2. The van der Waals surface area contributed by atoms with Crippen molar-refractivity contribution in [1.82, 2.24) is 24.5 Å². The molecular weight excluding hydrogens is 440 g/mol. The first kappa shape index (κ1) is 22.5. The predicted molar refractivity (Wildman–Crippen MR) is 129 cm³/mol. The average Bonchev–Trinajstić information content (AvgIpc) is 3.22. The van der Waals surface area contributed by atoms with Crippen LogP contribution in [0.1, 0.15) is 24.5 Å². The van der Waals surface area contributed by atoms with E-state index in [0.29, 0.717) is 34.1 Å². The van der Waals surface area contributed by atoms with Crippen molar-refractivity contribution in [1.29, 1.82) is 0 Å². The number of aromatic nitrogens is 4. The fourth-order valence-corrected chi connectivity index (χ4v) is 4.33. The minimum Gasteiger partial charge on any atom is -0.307 e. The molecule has 0 radical (unpaired) electrons. The normalized spacial score (nSPS) is 11.1. The van der Waals surface area contributed by atoms with E-state index in [1.54, 1.807) is 21.1 Å². The lowest BCUT2D eigenvalue weighted by Crippen LogP contribution is -2.35. The van der Waals surface area contributed by atoms with Crippen molar-refractivity contribution < 1.29 is 9.59 Å². The van der Waals surface area contributed by atoms with E-state index in [-0.39, 0.29) is 11.3 Å². The second-order valence-electron chi connectivity index (χ2n) is 7.63. The van der Waals surface area contributed by atoms with Gasteiger partial charge in [-0.25, -0.2) is 4.79 Å². The van der Waals surface area contributed by atoms with Gasteiger partial charge in [-0.15, -0.1) is 10.2 Å². The molecule has 2 N–H and O–H groups in total. The number of nitrogens with zero attached hydrogens (tertiary/aromatic N) is 4. The SMILES string of the molecule is CCCn1c(=O)c2ccccc2n2c(SCC(=O)NC(=O)Nc3cccc(C)c3C)nnc12. The molecule has 10 heteroatoms. The van der Waals surface area contributed by atoms with Crippen LogP contribution >= 0.6 is 11.8 Å². The van der Waals surface area contributed by atoms with E-state index in [1.807, 2.05) is 51.1 Å². The van der Waals surface area contributed by atoms with Crippen molar-refractivity contribution in [2.45, 2.75) is 38.9 Å². The summed E-state index contributed by atoms with van der Waals surface area (Å²) in [6.45, 7) is 6.35. The molecule has 0 fully saturated rings. The standard InChI is InChI=1S/C23H24N6O3S/c1-4-12-28-20(31)16-9-5-6-11-18(16)29-22(28)26-27-23(29)33-13-19(30)25-21(32)24-17-10-7-8-14(2)15(17)3/h5-11H,4,12-13H2,1-3H3,(H2,24,25,30,32). The Bertz CT molecular complexity index is 1430. The zero-order chi connectivity index (χ0) is 23.5. The fraction of sp³-hybridized carbons (Fsp3) is 0.261. The monoisotopic (exact) mass is 464 g/mol. The summed E-state index contributed by atoms with van der Waals surface area (Å²) in [4.78, 5) is 37.6. The highest BCUT2D eigenvalue weighted by molar-refractivity contribution is 7.99. The maximum Gasteiger partial charge on any atom is 0.325 e. The molecule has 0 aliphatic carbocycles. The third-order valence-corrected chi connectivity index (χ3v) is 6.29. The molecule has 0 bridgehead atoms. The molecule has 0 saturated carbocycles. The number of imide groups is 1. The maximum absolute atomic E-state index is 12.9. The second-order valence-corrected chi connectivity index (χ2v) is 8.57. The molecule has 0 saturated heterocycles. The Hall–Kier alpha value is -3.66. The zero-order valence-corrected chi connectivity index (χ0v) is 19.4. The summed E-state index contributed by atoms with van der Waals surface area (Å²) in [7, 11) is 0. The average molecular weight is 465 g/mol. The molecule has 2 heterocycles. The van der Waals surface area contributed by atoms with Crippen molar-refractivity contribution in [3.05, 3.63) is 63.9 Å². The van der Waals surface area contributed by atoms with Crippen LogP contribution in [-0.4, -0.2) is 36.9 Å². The van der Waals surface area contributed by atoms with Gasteiger partial charge < -0.3 is 5.32 Å². The van der Waals surface area contributed by atoms with Gasteiger partial charge in [0.25, 0.3) is 5.56 Å². The van der Waals surface area contributed by atoms with Gasteiger partial charge in [-0.2, -0.15) is 0 Å². The molecule has 4 rings (SSSR count). The molecule has 0 spiro atoms. The summed E-state index contributed by atoms with van der Waals surface area (Å²) < 4.78 is 3.37. The number of benzene rings is 2. The van der Waals surface area contributed by atoms with Gasteiger partial charge in [0.2, 0.25) is 11.7 Å². The Morgan fingerprint density at radius 1 is 1.06 bits per heavy atom. The number of amides is 3. The highest BCUT2D eigenvalue weighted by Crippen LogP contribution is 2.22. The molecule has 170 valence electrons. The molecule has 2 aromatic carbocycles. The largest absolute Gasteiger partial charge is 0.325 e. The molecule has 2 aromatic heterocycles. The number of hydrogen-bond acceptors (Lipinski definition) is 6. The number of aryl methyl sites for hydroxylation is 2. The second kappa shape index (κ2) is 9.45. The van der Waals surface area contributed by atoms with E-state index in [2.05, 4.69) is 20.8 Å². The van der Waals surface area contributed by atoms with E-state index in [0.717, 1.165) is 29.3 Å². The quantitative estimate of drug-likeness (QED) is 0.423. The van der Waals surface area contributed by atoms with E-state index in [1.165, 1.54) is 0 Å². The molecule has 0 aliphatic heterocycles. The van der Waals surface area contributed by atoms with Crippen molar-refractivity contribution in [2.24, 2.45) is 0 Å². The number of para-hydroxylation sites is 1. The minimum atomic E-state index is -0.595. The number of urea groups is 1. The van der Waals surface area contributed by atoms with E-state index < -0.39 is 11.9 Å². The molecule has 0 aliphatic rings. The number of nitrogens with one attached hydrogen (secondary N) is 2. The minimum absolute atomic E-state index is 0.0394. The number of fused-ring (bicyclic) bond motifs is 3. The van der Waals surface area contributed by atoms with E-state index >= 15 is 0 Å². The first-order chi connectivity index (χ1) is 15.9. The van der Waals surface area contributed by atoms with Crippen molar-refractivity contribution in [3.63, 3.8) is 0 Å². The van der Waals surface area contributed by atoms with Gasteiger partial charge in [0.05, 0.1) is 16.7 Å². The maximum atomic E-state index is 12.9. The van der Waals surface area contributed by atoms with Crippen LogP contribution < -0.4 is 16.2 Å². The van der Waals surface area contributed by atoms with Gasteiger partial charge in [-0.05, 0) is 49.6 Å². The van der Waals surface area contributed by atoms with Crippen molar-refractivity contribution in [3.8, 4) is 0 Å². The highest BCUT2D eigenvalue weighted by Gasteiger charge is 2.18. The zero-order valence-electron chi connectivity index (χ0n) is 18.6. The van der Waals surface area contributed by atoms with Crippen molar-refractivity contribution in [2.75, 3.05) is 11.1 Å². The van der Waals surface area contributed by atoms with Gasteiger partial charge in [-0.3, -0.25) is 23.9 Å². The number of thioether (sulfide) groups is 1. The summed E-state index contributed by atoms with van der Waals surface area (Å²) in [6, 6.07) is 12.2. The molecule has 4 aromatic rings. The van der Waals surface area contributed by atoms with Gasteiger partial charge in [0.1, 0.15) is 0 Å². The summed E-state index contributed by atoms with van der Waals surface area (Å²) in [6.07, 6.45) is 0.765. The van der Waals surface area contributed by atoms with Gasteiger partial charge in [0.15, 0.2) is 5.16 Å². The Balaban J connectivity index is 1.53. The lowest BCUT2D eigenvalue weighted by atomic mass is 10.1. The van der Waals surface area contributed by atoms with Crippen LogP contribution in [0.3, 0.4) is 0 Å². The summed E-state index contributed by atoms with van der Waals surface area (Å²) in [5.74, 6) is -0.0794. The fourth-order valence-electron chi connectivity index (χ4n) is 3.59. The van der Waals surface area contributed by atoms with Gasteiger partial charge in [-0.1, -0.05) is 43.0 Å². The predicted octanol–water partition coefficient (Wildman–Crippen LogP) is 3.51.